The van der Waals surface area contributed by atoms with E-state index in [4.69, 9.17) is 16.3 Å². The van der Waals surface area contributed by atoms with Gasteiger partial charge in [0.1, 0.15) is 0 Å². The monoisotopic (exact) mass is 500 g/mol. The van der Waals surface area contributed by atoms with Crippen LogP contribution < -0.4 is 0 Å². The standard InChI is InChI=1S/C22H17ClF8O2/c1-4-18(33-5-2)14(19(32-3)20(24,25)22(29,30)31)8-6-12-10-15(12)13-7-9-17(23)16(11-13)21(26,27)28/h7-9,11,15H,1,5,10H2,2-3H3/b19-14-. The lowest BCUT2D eigenvalue weighted by Crippen LogP contribution is -2.39. The molecule has 1 aliphatic rings. The molecule has 1 fully saturated rings. The van der Waals surface area contributed by atoms with Crippen LogP contribution >= 0.6 is 11.6 Å². The Balaban J connectivity index is 2.57. The Bertz CT molecular complexity index is 1050. The Hall–Kier alpha value is -2.67. The smallest absolute Gasteiger partial charge is 0.461 e. The molecule has 0 saturated heterocycles. The van der Waals surface area contributed by atoms with Gasteiger partial charge in [-0.1, -0.05) is 30.0 Å². The summed E-state index contributed by atoms with van der Waals surface area (Å²) in [5.41, 5.74) is 3.47. The second-order valence-electron chi connectivity index (χ2n) is 6.77. The summed E-state index contributed by atoms with van der Waals surface area (Å²) in [6, 6.07) is 3.29. The van der Waals surface area contributed by atoms with Crippen LogP contribution in [-0.2, 0) is 15.7 Å². The van der Waals surface area contributed by atoms with Crippen molar-refractivity contribution in [3.05, 3.63) is 81.1 Å². The molecule has 0 radical (unpaired) electrons. The van der Waals surface area contributed by atoms with Crippen molar-refractivity contribution in [2.75, 3.05) is 13.7 Å². The second kappa shape index (κ2) is 9.67. The third-order valence-electron chi connectivity index (χ3n) is 4.57. The van der Waals surface area contributed by atoms with Crippen LogP contribution in [0.1, 0.15) is 30.4 Å². The van der Waals surface area contributed by atoms with E-state index < -0.39 is 51.9 Å². The number of hydrogen-bond acceptors (Lipinski definition) is 2. The van der Waals surface area contributed by atoms with Crippen molar-refractivity contribution in [1.82, 2.24) is 0 Å². The van der Waals surface area contributed by atoms with Gasteiger partial charge in [-0.05, 0) is 42.7 Å². The Morgan fingerprint density at radius 3 is 2.30 bits per heavy atom. The Labute approximate surface area is 189 Å². The van der Waals surface area contributed by atoms with Gasteiger partial charge in [-0.3, -0.25) is 0 Å². The van der Waals surface area contributed by atoms with Crippen LogP contribution in [0.5, 0.6) is 0 Å². The van der Waals surface area contributed by atoms with Crippen LogP contribution in [0.2, 0.25) is 5.02 Å². The number of halogens is 9. The largest absolute Gasteiger partial charge is 0.494 e. The zero-order chi connectivity index (χ0) is 25.2. The minimum Gasteiger partial charge on any atom is -0.494 e. The van der Waals surface area contributed by atoms with Crippen LogP contribution in [-0.4, -0.2) is 25.8 Å². The average Bonchev–Trinajstić information content (AvgIpc) is 3.47. The maximum Gasteiger partial charge on any atom is 0.461 e. The summed E-state index contributed by atoms with van der Waals surface area (Å²) in [7, 11) is 0.634. The summed E-state index contributed by atoms with van der Waals surface area (Å²) in [6.07, 6.45) is -9.65. The van der Waals surface area contributed by atoms with E-state index in [0.717, 1.165) is 18.2 Å². The van der Waals surface area contributed by atoms with E-state index in [1.54, 1.807) is 0 Å². The maximum absolute atomic E-state index is 14.1. The number of rotatable bonds is 7. The first kappa shape index (κ1) is 26.6. The third-order valence-corrected chi connectivity index (χ3v) is 4.90. The molecule has 0 bridgehead atoms. The molecule has 2 rings (SSSR count). The highest BCUT2D eigenvalue weighted by Crippen LogP contribution is 2.49. The molecule has 0 aliphatic heterocycles. The lowest BCUT2D eigenvalue weighted by Gasteiger charge is -2.23. The van der Waals surface area contributed by atoms with Gasteiger partial charge >= 0.3 is 18.3 Å². The van der Waals surface area contributed by atoms with Gasteiger partial charge in [0.25, 0.3) is 0 Å². The van der Waals surface area contributed by atoms with Gasteiger partial charge in [-0.25, -0.2) is 0 Å². The highest BCUT2D eigenvalue weighted by Gasteiger charge is 2.62. The molecule has 180 valence electrons. The molecule has 0 N–H and O–H groups in total. The summed E-state index contributed by atoms with van der Waals surface area (Å²) in [4.78, 5) is 0. The second-order valence-corrected chi connectivity index (χ2v) is 7.17. The summed E-state index contributed by atoms with van der Waals surface area (Å²) >= 11 is 5.59. The van der Waals surface area contributed by atoms with Crippen molar-refractivity contribution in [3.63, 3.8) is 0 Å². The first-order valence-electron chi connectivity index (χ1n) is 9.27. The van der Waals surface area contributed by atoms with Crippen molar-refractivity contribution in [1.29, 1.82) is 0 Å². The summed E-state index contributed by atoms with van der Waals surface area (Å²) in [5.74, 6) is -8.21. The van der Waals surface area contributed by atoms with E-state index >= 15 is 0 Å². The molecule has 0 spiro atoms. The molecule has 33 heavy (non-hydrogen) atoms. The van der Waals surface area contributed by atoms with Gasteiger partial charge in [0.2, 0.25) is 0 Å². The van der Waals surface area contributed by atoms with Crippen LogP contribution in [0.3, 0.4) is 0 Å². The van der Waals surface area contributed by atoms with E-state index in [9.17, 15) is 35.1 Å². The van der Waals surface area contributed by atoms with Gasteiger partial charge in [-0.2, -0.15) is 35.1 Å². The van der Waals surface area contributed by atoms with Crippen molar-refractivity contribution in [3.8, 4) is 0 Å². The summed E-state index contributed by atoms with van der Waals surface area (Å²) in [6.45, 7) is 4.59. The Kier molecular flexibility index (Phi) is 7.79. The number of alkyl halides is 8. The number of allylic oxidation sites excluding steroid dienone is 2. The van der Waals surface area contributed by atoms with Crippen molar-refractivity contribution >= 4 is 11.6 Å². The molecule has 0 aromatic heterocycles. The summed E-state index contributed by atoms with van der Waals surface area (Å²) < 4.78 is 116. The first-order chi connectivity index (χ1) is 15.2. The lowest BCUT2D eigenvalue weighted by molar-refractivity contribution is -0.276. The molecule has 1 unspecified atom stereocenters. The van der Waals surface area contributed by atoms with Crippen LogP contribution in [0.25, 0.3) is 0 Å². The van der Waals surface area contributed by atoms with Crippen LogP contribution in [0, 0.1) is 0 Å². The van der Waals surface area contributed by atoms with Gasteiger partial charge in [0.05, 0.1) is 29.9 Å². The number of ether oxygens (including phenoxy) is 2. The Morgan fingerprint density at radius 2 is 1.82 bits per heavy atom. The zero-order valence-corrected chi connectivity index (χ0v) is 18.0. The predicted molar refractivity (Wildman–Crippen MR) is 105 cm³/mol. The fourth-order valence-corrected chi connectivity index (χ4v) is 3.14. The quantitative estimate of drug-likeness (QED) is 0.165. The van der Waals surface area contributed by atoms with Gasteiger partial charge in [-0.15, -0.1) is 5.73 Å². The number of benzene rings is 1. The van der Waals surface area contributed by atoms with E-state index in [1.807, 2.05) is 0 Å². The number of methoxy groups -OCH3 is 1. The molecule has 1 aromatic carbocycles. The third kappa shape index (κ3) is 5.82. The molecule has 1 saturated carbocycles. The molecule has 11 heteroatoms. The van der Waals surface area contributed by atoms with Crippen molar-refractivity contribution in [2.24, 2.45) is 0 Å². The van der Waals surface area contributed by atoms with Gasteiger partial charge < -0.3 is 9.47 Å². The van der Waals surface area contributed by atoms with E-state index in [1.165, 1.54) is 13.0 Å². The molecule has 0 heterocycles. The fourth-order valence-electron chi connectivity index (χ4n) is 2.92. The summed E-state index contributed by atoms with van der Waals surface area (Å²) in [5, 5.41) is -0.491. The molecule has 0 amide bonds. The van der Waals surface area contributed by atoms with Crippen molar-refractivity contribution < 1.29 is 44.6 Å². The first-order valence-corrected chi connectivity index (χ1v) is 9.65. The van der Waals surface area contributed by atoms with Crippen LogP contribution in [0.15, 0.2) is 65.0 Å². The molecule has 1 aromatic rings. The molecule has 2 nitrogen and oxygen atoms in total. The molecule has 1 aliphatic carbocycles. The Morgan fingerprint density at radius 1 is 1.18 bits per heavy atom. The van der Waals surface area contributed by atoms with E-state index in [-0.39, 0.29) is 18.6 Å². The molecule has 1 atom stereocenters. The zero-order valence-electron chi connectivity index (χ0n) is 17.2. The number of hydrogen-bond donors (Lipinski definition) is 0. The highest BCUT2D eigenvalue weighted by molar-refractivity contribution is 6.31. The maximum atomic E-state index is 14.1. The van der Waals surface area contributed by atoms with Gasteiger partial charge in [0, 0.05) is 5.92 Å². The SMILES string of the molecule is C=C=C(OCC)/C(C=C=C1CC1c1ccc(Cl)c(C(F)(F)F)c1)=C(\OC)C(F)(F)C(F)(F)F. The lowest BCUT2D eigenvalue weighted by atomic mass is 10.1. The average molecular weight is 501 g/mol. The van der Waals surface area contributed by atoms with Crippen molar-refractivity contribution in [2.45, 2.75) is 37.5 Å². The highest BCUT2D eigenvalue weighted by atomic mass is 35.5. The molecular formula is C22H17ClF8O2. The van der Waals surface area contributed by atoms with E-state index in [2.05, 4.69) is 22.8 Å². The molecular weight excluding hydrogens is 484 g/mol. The fraction of sp³-hybridized carbons (Fsp3) is 0.364. The predicted octanol–water partition coefficient (Wildman–Crippen LogP) is 7.73. The minimum atomic E-state index is -5.97. The van der Waals surface area contributed by atoms with Gasteiger partial charge in [0.15, 0.2) is 11.5 Å². The van der Waals surface area contributed by atoms with Crippen LogP contribution in [0.4, 0.5) is 35.1 Å². The minimum absolute atomic E-state index is 0.103. The normalized spacial score (nSPS) is 16.9. The van der Waals surface area contributed by atoms with E-state index in [0.29, 0.717) is 12.7 Å². The topological polar surface area (TPSA) is 18.5 Å².